The van der Waals surface area contributed by atoms with Crippen molar-refractivity contribution >= 4 is 16.5 Å². The van der Waals surface area contributed by atoms with E-state index in [-0.39, 0.29) is 17.2 Å². The van der Waals surface area contributed by atoms with Gasteiger partial charge in [0.15, 0.2) is 17.2 Å². The monoisotopic (exact) mass is 399 g/mol. The summed E-state index contributed by atoms with van der Waals surface area (Å²) in [4.78, 5) is 11.0. The molecule has 0 radical (unpaired) electrons. The normalized spacial score (nSPS) is 10.6. The number of nitro groups is 1. The van der Waals surface area contributed by atoms with Crippen LogP contribution in [0.3, 0.4) is 0 Å². The number of ether oxygens (including phenoxy) is 4. The van der Waals surface area contributed by atoms with Crippen LogP contribution in [0.5, 0.6) is 28.7 Å². The smallest absolute Gasteiger partial charge is 0.318 e. The third kappa shape index (κ3) is 3.56. The second kappa shape index (κ2) is 8.14. The molecular formula is C21H21NO7. The second-order valence-corrected chi connectivity index (χ2v) is 6.25. The van der Waals surface area contributed by atoms with Crippen LogP contribution in [0.4, 0.5) is 5.69 Å². The zero-order valence-electron chi connectivity index (χ0n) is 16.5. The number of rotatable bonds is 7. The fourth-order valence-corrected chi connectivity index (χ4v) is 3.35. The van der Waals surface area contributed by atoms with Crippen molar-refractivity contribution in [2.24, 2.45) is 0 Å². The Labute approximate surface area is 167 Å². The molecule has 0 aliphatic carbocycles. The van der Waals surface area contributed by atoms with E-state index >= 15 is 0 Å². The maximum absolute atomic E-state index is 11.5. The predicted molar refractivity (Wildman–Crippen MR) is 108 cm³/mol. The predicted octanol–water partition coefficient (Wildman–Crippen LogP) is 4.08. The highest BCUT2D eigenvalue weighted by Crippen LogP contribution is 2.42. The van der Waals surface area contributed by atoms with E-state index in [0.717, 1.165) is 5.56 Å². The number of phenolic OH excluding ortho intramolecular Hbond substituents is 1. The van der Waals surface area contributed by atoms with Gasteiger partial charge in [-0.25, -0.2) is 0 Å². The number of methoxy groups -OCH3 is 4. The first-order chi connectivity index (χ1) is 13.9. The zero-order chi connectivity index (χ0) is 21.1. The Morgan fingerprint density at radius 2 is 1.45 bits per heavy atom. The van der Waals surface area contributed by atoms with Crippen molar-refractivity contribution in [3.05, 3.63) is 57.6 Å². The topological polar surface area (TPSA) is 100 Å². The maximum atomic E-state index is 11.5. The minimum Gasteiger partial charge on any atom is -0.507 e. The Morgan fingerprint density at radius 3 is 1.97 bits per heavy atom. The van der Waals surface area contributed by atoms with Crippen molar-refractivity contribution in [1.82, 2.24) is 0 Å². The number of benzene rings is 3. The van der Waals surface area contributed by atoms with Crippen LogP contribution in [0.1, 0.15) is 11.1 Å². The highest BCUT2D eigenvalue weighted by atomic mass is 16.6. The Morgan fingerprint density at radius 1 is 0.862 bits per heavy atom. The van der Waals surface area contributed by atoms with E-state index in [1.54, 1.807) is 30.3 Å². The van der Waals surface area contributed by atoms with Gasteiger partial charge in [0.05, 0.1) is 38.7 Å². The lowest BCUT2D eigenvalue weighted by Gasteiger charge is -2.15. The molecule has 1 N–H and O–H groups in total. The van der Waals surface area contributed by atoms with Crippen molar-refractivity contribution in [3.8, 4) is 28.7 Å². The number of aromatic hydroxyl groups is 1. The molecule has 0 spiro atoms. The fraction of sp³-hybridized carbons (Fsp3) is 0.238. The lowest BCUT2D eigenvalue weighted by molar-refractivity contribution is -0.383. The molecule has 8 heteroatoms. The summed E-state index contributed by atoms with van der Waals surface area (Å²) in [6.45, 7) is 0. The molecule has 0 aliphatic rings. The Bertz CT molecular complexity index is 1050. The van der Waals surface area contributed by atoms with E-state index in [1.165, 1.54) is 34.5 Å². The van der Waals surface area contributed by atoms with Gasteiger partial charge in [0.1, 0.15) is 5.75 Å². The quantitative estimate of drug-likeness (QED) is 0.472. The Hall–Kier alpha value is -3.68. The molecule has 0 amide bonds. The van der Waals surface area contributed by atoms with Gasteiger partial charge in [-0.2, -0.15) is 0 Å². The number of nitro benzene ring substituents is 1. The lowest BCUT2D eigenvalue weighted by atomic mass is 9.98. The summed E-state index contributed by atoms with van der Waals surface area (Å²) in [7, 11) is 5.95. The molecule has 0 saturated heterocycles. The van der Waals surface area contributed by atoms with Gasteiger partial charge in [0.2, 0.25) is 5.75 Å². The molecule has 0 heterocycles. The highest BCUT2D eigenvalue weighted by molar-refractivity contribution is 5.98. The third-order valence-corrected chi connectivity index (χ3v) is 4.71. The first kappa shape index (κ1) is 20.1. The van der Waals surface area contributed by atoms with Crippen molar-refractivity contribution in [3.63, 3.8) is 0 Å². The van der Waals surface area contributed by atoms with Crippen LogP contribution in [0.25, 0.3) is 10.8 Å². The Kier molecular flexibility index (Phi) is 5.63. The average molecular weight is 399 g/mol. The lowest BCUT2D eigenvalue weighted by Crippen LogP contribution is -1.99. The summed E-state index contributed by atoms with van der Waals surface area (Å²) >= 11 is 0. The number of fused-ring (bicyclic) bond motifs is 1. The first-order valence-corrected chi connectivity index (χ1v) is 8.70. The zero-order valence-corrected chi connectivity index (χ0v) is 16.5. The van der Waals surface area contributed by atoms with E-state index in [9.17, 15) is 15.2 Å². The summed E-state index contributed by atoms with van der Waals surface area (Å²) in [5, 5.41) is 23.0. The minimum absolute atomic E-state index is 0.0259. The molecule has 3 aromatic carbocycles. The number of phenols is 1. The van der Waals surface area contributed by atoms with E-state index in [1.807, 2.05) is 0 Å². The first-order valence-electron chi connectivity index (χ1n) is 8.70. The van der Waals surface area contributed by atoms with E-state index in [2.05, 4.69) is 0 Å². The second-order valence-electron chi connectivity index (χ2n) is 6.25. The van der Waals surface area contributed by atoms with E-state index in [0.29, 0.717) is 40.0 Å². The van der Waals surface area contributed by atoms with Gasteiger partial charge in [0.25, 0.3) is 0 Å². The third-order valence-electron chi connectivity index (χ3n) is 4.71. The van der Waals surface area contributed by atoms with Crippen LogP contribution in [-0.4, -0.2) is 38.5 Å². The van der Waals surface area contributed by atoms with Crippen molar-refractivity contribution in [2.45, 2.75) is 6.42 Å². The highest BCUT2D eigenvalue weighted by Gasteiger charge is 2.22. The summed E-state index contributed by atoms with van der Waals surface area (Å²) in [6.07, 6.45) is 0.359. The Balaban J connectivity index is 2.10. The molecular weight excluding hydrogens is 378 g/mol. The molecule has 29 heavy (non-hydrogen) atoms. The van der Waals surface area contributed by atoms with Gasteiger partial charge < -0.3 is 24.1 Å². The molecule has 0 unspecified atom stereocenters. The van der Waals surface area contributed by atoms with Crippen molar-refractivity contribution in [1.29, 1.82) is 0 Å². The molecule has 3 aromatic rings. The number of hydrogen-bond acceptors (Lipinski definition) is 7. The van der Waals surface area contributed by atoms with E-state index < -0.39 is 4.92 Å². The molecule has 0 bridgehead atoms. The standard InChI is InChI=1S/C21H21NO7/c1-26-16-8-7-15-14(19(16)22(24)25)6-5-13(20(15)23)9-12-10-17(27-2)21(29-4)18(11-12)28-3/h5-8,10-11,23H,9H2,1-4H3. The fourth-order valence-electron chi connectivity index (χ4n) is 3.35. The van der Waals surface area contributed by atoms with Gasteiger partial charge in [0, 0.05) is 11.8 Å². The molecule has 0 atom stereocenters. The summed E-state index contributed by atoms with van der Waals surface area (Å²) in [5.41, 5.74) is 1.24. The van der Waals surface area contributed by atoms with Gasteiger partial charge in [-0.3, -0.25) is 10.1 Å². The number of nitrogens with zero attached hydrogens (tertiary/aromatic N) is 1. The number of hydrogen-bond donors (Lipinski definition) is 1. The molecule has 0 aromatic heterocycles. The molecule has 152 valence electrons. The summed E-state index contributed by atoms with van der Waals surface area (Å²) < 4.78 is 21.2. The van der Waals surface area contributed by atoms with Gasteiger partial charge in [-0.1, -0.05) is 6.07 Å². The van der Waals surface area contributed by atoms with Gasteiger partial charge in [-0.15, -0.1) is 0 Å². The van der Waals surface area contributed by atoms with Crippen LogP contribution >= 0.6 is 0 Å². The van der Waals surface area contributed by atoms with Gasteiger partial charge in [-0.05, 0) is 41.5 Å². The van der Waals surface area contributed by atoms with Crippen LogP contribution in [0.15, 0.2) is 36.4 Å². The molecule has 0 saturated carbocycles. The van der Waals surface area contributed by atoms with Gasteiger partial charge >= 0.3 is 5.69 Å². The average Bonchev–Trinajstić information content (AvgIpc) is 2.73. The minimum atomic E-state index is -0.514. The largest absolute Gasteiger partial charge is 0.507 e. The van der Waals surface area contributed by atoms with E-state index in [4.69, 9.17) is 18.9 Å². The van der Waals surface area contributed by atoms with Crippen molar-refractivity contribution in [2.75, 3.05) is 28.4 Å². The maximum Gasteiger partial charge on any atom is 0.318 e. The molecule has 0 aliphatic heterocycles. The molecule has 8 nitrogen and oxygen atoms in total. The van der Waals surface area contributed by atoms with Crippen LogP contribution < -0.4 is 18.9 Å². The SMILES string of the molecule is COc1cc(Cc2ccc3c([N+](=O)[O-])c(OC)ccc3c2O)cc(OC)c1OC. The van der Waals surface area contributed by atoms with Crippen LogP contribution in [0.2, 0.25) is 0 Å². The van der Waals surface area contributed by atoms with Crippen LogP contribution in [0, 0.1) is 10.1 Å². The molecule has 0 fully saturated rings. The van der Waals surface area contributed by atoms with Crippen LogP contribution in [-0.2, 0) is 6.42 Å². The molecule has 3 rings (SSSR count). The van der Waals surface area contributed by atoms with Crippen molar-refractivity contribution < 1.29 is 29.0 Å². The summed E-state index contributed by atoms with van der Waals surface area (Å²) in [6, 6.07) is 9.94. The summed E-state index contributed by atoms with van der Waals surface area (Å²) in [5.74, 6) is 1.59.